The van der Waals surface area contributed by atoms with E-state index in [0.29, 0.717) is 68.5 Å². The number of fused-ring (bicyclic) bond motifs is 2. The van der Waals surface area contributed by atoms with E-state index in [2.05, 4.69) is 54.0 Å². The third-order valence-electron chi connectivity index (χ3n) is 7.85. The molecule has 0 unspecified atom stereocenters. The van der Waals surface area contributed by atoms with Crippen LogP contribution in [0.15, 0.2) is 66.4 Å². The summed E-state index contributed by atoms with van der Waals surface area (Å²) in [6.45, 7) is 12.0. The molecule has 0 saturated carbocycles. The molecule has 0 saturated heterocycles. The lowest BCUT2D eigenvalue weighted by atomic mass is 9.95. The van der Waals surface area contributed by atoms with Gasteiger partial charge in [-0.25, -0.2) is 9.48 Å². The Morgan fingerprint density at radius 2 is 2.00 bits per heavy atom. The van der Waals surface area contributed by atoms with Gasteiger partial charge in [0.15, 0.2) is 0 Å². The van der Waals surface area contributed by atoms with E-state index in [9.17, 15) is 20.0 Å². The van der Waals surface area contributed by atoms with E-state index >= 15 is 0 Å². The average Bonchev–Trinajstić information content (AvgIpc) is 3.55. The van der Waals surface area contributed by atoms with Crippen molar-refractivity contribution in [2.75, 3.05) is 30.0 Å². The molecular formula is C35H37ClN8O4. The van der Waals surface area contributed by atoms with Crippen LogP contribution in [0.4, 0.5) is 16.2 Å². The second-order valence-electron chi connectivity index (χ2n) is 12.6. The van der Waals surface area contributed by atoms with Gasteiger partial charge in [-0.05, 0) is 47.1 Å². The number of benzene rings is 2. The smallest absolute Gasteiger partial charge is 0.415 e. The number of rotatable bonds is 10. The minimum Gasteiger partial charge on any atom is -0.447 e. The van der Waals surface area contributed by atoms with Crippen LogP contribution < -0.4 is 15.8 Å². The molecule has 248 valence electrons. The molecule has 2 aromatic carbocycles. The normalized spacial score (nSPS) is 12.1. The first-order valence-corrected chi connectivity index (χ1v) is 15.8. The van der Waals surface area contributed by atoms with Gasteiger partial charge in [0.2, 0.25) is 0 Å². The molecule has 5 aromatic rings. The van der Waals surface area contributed by atoms with Crippen LogP contribution in [0.3, 0.4) is 0 Å². The number of carbonyl (C=O) groups is 1. The molecule has 12 nitrogen and oxygen atoms in total. The molecule has 0 fully saturated rings. The second kappa shape index (κ2) is 13.9. The molecule has 0 aliphatic carbocycles. The molecule has 3 heterocycles. The van der Waals surface area contributed by atoms with E-state index in [1.807, 2.05) is 6.92 Å². The number of allylic oxidation sites excluding steroid dienone is 1. The van der Waals surface area contributed by atoms with Gasteiger partial charge in [-0.3, -0.25) is 14.7 Å². The highest BCUT2D eigenvalue weighted by molar-refractivity contribution is 6.36. The monoisotopic (exact) mass is 668 g/mol. The van der Waals surface area contributed by atoms with Gasteiger partial charge in [0.25, 0.3) is 5.56 Å². The maximum Gasteiger partial charge on any atom is 0.415 e. The van der Waals surface area contributed by atoms with E-state index in [1.54, 1.807) is 55.8 Å². The molecule has 3 aromatic heterocycles. The lowest BCUT2D eigenvalue weighted by molar-refractivity contribution is 0.124. The minimum atomic E-state index is -1.00. The van der Waals surface area contributed by atoms with Gasteiger partial charge in [-0.2, -0.15) is 5.26 Å². The molecule has 0 bridgehead atoms. The van der Waals surface area contributed by atoms with Crippen LogP contribution >= 0.6 is 11.6 Å². The fourth-order valence-electron chi connectivity index (χ4n) is 5.36. The number of carbonyl (C=O) groups excluding carboxylic acids is 1. The molecule has 2 N–H and O–H groups in total. The maximum atomic E-state index is 14.2. The largest absolute Gasteiger partial charge is 0.447 e. The van der Waals surface area contributed by atoms with Crippen molar-refractivity contribution >= 4 is 56.4 Å². The third-order valence-corrected chi connectivity index (χ3v) is 8.14. The van der Waals surface area contributed by atoms with E-state index < -0.39 is 18.7 Å². The van der Waals surface area contributed by atoms with Crippen LogP contribution in [-0.2, 0) is 11.8 Å². The summed E-state index contributed by atoms with van der Waals surface area (Å²) in [4.78, 5) is 33.3. The van der Waals surface area contributed by atoms with Crippen molar-refractivity contribution < 1.29 is 14.6 Å². The third kappa shape index (κ3) is 6.74. The number of hydrogen-bond acceptors (Lipinski definition) is 9. The first-order chi connectivity index (χ1) is 22.9. The number of anilines is 2. The highest BCUT2D eigenvalue weighted by Gasteiger charge is 2.34. The topological polar surface area (TPSA) is 151 Å². The van der Waals surface area contributed by atoms with Gasteiger partial charge in [-0.15, -0.1) is 5.10 Å². The molecule has 0 aliphatic rings. The summed E-state index contributed by atoms with van der Waals surface area (Å²) in [7, 11) is 1.67. The molecule has 0 spiro atoms. The maximum absolute atomic E-state index is 14.2. The fraction of sp³-hybridized carbons (Fsp3) is 0.314. The summed E-state index contributed by atoms with van der Waals surface area (Å²) in [5.74, 6) is 0. The number of pyridine rings is 2. The number of nitrogens with one attached hydrogen (secondary N) is 1. The van der Waals surface area contributed by atoms with Gasteiger partial charge < -0.3 is 19.7 Å². The Labute approximate surface area is 282 Å². The molecule has 0 aliphatic heterocycles. The summed E-state index contributed by atoms with van der Waals surface area (Å²) in [6, 6.07) is 11.6. The zero-order chi connectivity index (χ0) is 34.7. The number of aliphatic hydroxyl groups excluding tert-OH is 1. The van der Waals surface area contributed by atoms with Crippen LogP contribution in [0, 0.1) is 16.7 Å². The zero-order valence-corrected chi connectivity index (χ0v) is 28.2. The second-order valence-corrected chi connectivity index (χ2v) is 13.0. The van der Waals surface area contributed by atoms with Crippen LogP contribution in [0.2, 0.25) is 5.02 Å². The minimum absolute atomic E-state index is 0.130. The standard InChI is InChI=1S/C35H37ClN8O4/c1-7-21(2)43-19-29(40-41-43)32(25-9-8-10-26-24(25)11-12-42(6)33(26)46)44(34(47)48-14-13-45)23-15-27-30(39-20-35(3,4)5)22(17-37)18-38-31(27)28(36)16-23/h8-12,15-16,18-19,32,45H,2,7,13-14,20H2,1,3-6H3,(H,38,39)/t32-/m0/s1. The molecule has 1 amide bonds. The number of ether oxygens (including phenoxy) is 1. The Balaban J connectivity index is 1.84. The first-order valence-electron chi connectivity index (χ1n) is 15.4. The van der Waals surface area contributed by atoms with Crippen LogP contribution in [0.1, 0.15) is 57.0 Å². The summed E-state index contributed by atoms with van der Waals surface area (Å²) in [5, 5.41) is 33.5. The van der Waals surface area contributed by atoms with E-state index in [4.69, 9.17) is 16.3 Å². The van der Waals surface area contributed by atoms with Gasteiger partial charge in [0.05, 0.1) is 40.3 Å². The van der Waals surface area contributed by atoms with Gasteiger partial charge in [0, 0.05) is 42.5 Å². The van der Waals surface area contributed by atoms with Gasteiger partial charge in [0.1, 0.15) is 24.4 Å². The number of halogens is 1. The van der Waals surface area contributed by atoms with Crippen molar-refractivity contribution in [2.24, 2.45) is 12.5 Å². The summed E-state index contributed by atoms with van der Waals surface area (Å²) >= 11 is 6.89. The Morgan fingerprint density at radius 1 is 1.23 bits per heavy atom. The van der Waals surface area contributed by atoms with E-state index in [0.717, 1.165) is 0 Å². The highest BCUT2D eigenvalue weighted by Crippen LogP contribution is 2.41. The Hall–Kier alpha value is -5.25. The highest BCUT2D eigenvalue weighted by atomic mass is 35.5. The van der Waals surface area contributed by atoms with Crippen molar-refractivity contribution in [1.29, 1.82) is 5.26 Å². The number of aromatic nitrogens is 5. The number of aryl methyl sites for hydroxylation is 1. The fourth-order valence-corrected chi connectivity index (χ4v) is 5.63. The number of aliphatic hydroxyl groups is 1. The Bertz CT molecular complexity index is 2130. The van der Waals surface area contributed by atoms with Crippen LogP contribution in [0.25, 0.3) is 27.4 Å². The zero-order valence-electron chi connectivity index (χ0n) is 27.5. The number of nitrogens with zero attached hydrogens (tertiary/aromatic N) is 7. The number of nitriles is 1. The molecular weight excluding hydrogens is 632 g/mol. The van der Waals surface area contributed by atoms with Gasteiger partial charge >= 0.3 is 6.09 Å². The quantitative estimate of drug-likeness (QED) is 0.175. The van der Waals surface area contributed by atoms with Crippen molar-refractivity contribution in [3.63, 3.8) is 0 Å². The Kier molecular flexibility index (Phi) is 9.84. The van der Waals surface area contributed by atoms with Crippen LogP contribution in [0.5, 0.6) is 0 Å². The first kappa shape index (κ1) is 34.1. The molecule has 48 heavy (non-hydrogen) atoms. The van der Waals surface area contributed by atoms with Crippen molar-refractivity contribution in [3.8, 4) is 6.07 Å². The average molecular weight is 669 g/mol. The predicted molar refractivity (Wildman–Crippen MR) is 187 cm³/mol. The summed E-state index contributed by atoms with van der Waals surface area (Å²) < 4.78 is 8.57. The van der Waals surface area contributed by atoms with Crippen molar-refractivity contribution in [1.82, 2.24) is 24.5 Å². The molecule has 1 atom stereocenters. The number of amides is 1. The van der Waals surface area contributed by atoms with Crippen molar-refractivity contribution in [3.05, 3.63) is 93.8 Å². The van der Waals surface area contributed by atoms with E-state index in [-0.39, 0.29) is 22.6 Å². The number of hydrogen-bond donors (Lipinski definition) is 2. The molecule has 13 heteroatoms. The molecule has 0 radical (unpaired) electrons. The summed E-state index contributed by atoms with van der Waals surface area (Å²) in [6.07, 6.45) is 4.58. The van der Waals surface area contributed by atoms with Gasteiger partial charge in [-0.1, -0.05) is 63.2 Å². The van der Waals surface area contributed by atoms with Crippen molar-refractivity contribution in [2.45, 2.75) is 40.2 Å². The lowest BCUT2D eigenvalue weighted by Gasteiger charge is -2.31. The molecule has 5 rings (SSSR count). The lowest BCUT2D eigenvalue weighted by Crippen LogP contribution is -2.37. The van der Waals surface area contributed by atoms with E-state index in [1.165, 1.54) is 20.3 Å². The SMILES string of the molecule is C=C(CC)n1cc([C@H](c2cccc3c(=O)n(C)ccc23)N(C(=O)OCCO)c2cc(Cl)c3ncc(C#N)c(NCC(C)(C)C)c3c2)nn1. The van der Waals surface area contributed by atoms with Crippen LogP contribution in [-0.4, -0.2) is 55.5 Å². The Morgan fingerprint density at radius 3 is 2.69 bits per heavy atom. The summed E-state index contributed by atoms with van der Waals surface area (Å²) in [5.41, 5.74) is 2.77. The predicted octanol–water partition coefficient (Wildman–Crippen LogP) is 6.27.